The molecule has 4 heteroatoms. The summed E-state index contributed by atoms with van der Waals surface area (Å²) in [5.41, 5.74) is 1.30. The lowest BCUT2D eigenvalue weighted by Crippen LogP contribution is -2.14. The van der Waals surface area contributed by atoms with Gasteiger partial charge >= 0.3 is 0 Å². The van der Waals surface area contributed by atoms with Crippen LogP contribution in [0, 0.1) is 0 Å². The van der Waals surface area contributed by atoms with Crippen molar-refractivity contribution in [3.05, 3.63) is 24.0 Å². The smallest absolute Gasteiger partial charge is 0.0864 e. The fourth-order valence-electron chi connectivity index (χ4n) is 1.40. The molecule has 1 heterocycles. The minimum absolute atomic E-state index is 0.178. The molecule has 1 aliphatic carbocycles. The zero-order valence-corrected chi connectivity index (χ0v) is 9.28. The third kappa shape index (κ3) is 3.19. The second-order valence-corrected chi connectivity index (χ2v) is 4.97. The molecule has 0 saturated heterocycles. The summed E-state index contributed by atoms with van der Waals surface area (Å²) >= 11 is 1.54. The van der Waals surface area contributed by atoms with Crippen molar-refractivity contribution < 1.29 is 10.2 Å². The van der Waals surface area contributed by atoms with Crippen molar-refractivity contribution in [3.63, 3.8) is 0 Å². The number of rotatable bonds is 5. The molecule has 0 aliphatic heterocycles. The lowest BCUT2D eigenvalue weighted by atomic mass is 10.2. The normalized spacial score (nSPS) is 17.7. The molecule has 0 spiro atoms. The summed E-state index contributed by atoms with van der Waals surface area (Å²) in [5.74, 6) is 1.23. The molecule has 1 aliphatic rings. The molecule has 1 aromatic heterocycles. The monoisotopic (exact) mass is 225 g/mol. The van der Waals surface area contributed by atoms with Gasteiger partial charge in [-0.1, -0.05) is 0 Å². The molecule has 1 aromatic rings. The number of aliphatic hydroxyl groups excluding tert-OH is 2. The van der Waals surface area contributed by atoms with Crippen molar-refractivity contribution in [2.75, 3.05) is 12.4 Å². The highest BCUT2D eigenvalue weighted by Crippen LogP contribution is 2.40. The van der Waals surface area contributed by atoms with Gasteiger partial charge in [0.2, 0.25) is 0 Å². The maximum atomic E-state index is 9.22. The van der Waals surface area contributed by atoms with Gasteiger partial charge in [0.15, 0.2) is 0 Å². The van der Waals surface area contributed by atoms with E-state index in [1.165, 1.54) is 30.2 Å². The van der Waals surface area contributed by atoms with Crippen LogP contribution in [0.4, 0.5) is 0 Å². The zero-order chi connectivity index (χ0) is 10.7. The first-order chi connectivity index (χ1) is 7.29. The van der Waals surface area contributed by atoms with E-state index >= 15 is 0 Å². The van der Waals surface area contributed by atoms with Gasteiger partial charge in [-0.3, -0.25) is 4.98 Å². The second-order valence-electron chi connectivity index (χ2n) is 3.88. The molecule has 0 bridgehead atoms. The Bertz CT molecular complexity index is 328. The van der Waals surface area contributed by atoms with Gasteiger partial charge in [0, 0.05) is 23.0 Å². The first kappa shape index (κ1) is 10.9. The molecule has 82 valence electrons. The molecule has 3 nitrogen and oxygen atoms in total. The van der Waals surface area contributed by atoms with E-state index in [1.54, 1.807) is 6.20 Å². The Kier molecular flexibility index (Phi) is 3.61. The summed E-state index contributed by atoms with van der Waals surface area (Å²) in [5, 5.41) is 17.9. The fourth-order valence-corrected chi connectivity index (χ4v) is 2.24. The van der Waals surface area contributed by atoms with Gasteiger partial charge in [-0.05, 0) is 30.4 Å². The van der Waals surface area contributed by atoms with Gasteiger partial charge in [-0.15, -0.1) is 11.8 Å². The molecule has 15 heavy (non-hydrogen) atoms. The molecule has 1 atom stereocenters. The van der Waals surface area contributed by atoms with Crippen molar-refractivity contribution >= 4 is 11.8 Å². The molecule has 1 saturated carbocycles. The quantitative estimate of drug-likeness (QED) is 0.744. The van der Waals surface area contributed by atoms with Gasteiger partial charge < -0.3 is 10.2 Å². The Morgan fingerprint density at radius 1 is 1.47 bits per heavy atom. The van der Waals surface area contributed by atoms with E-state index in [4.69, 9.17) is 5.11 Å². The van der Waals surface area contributed by atoms with Gasteiger partial charge in [-0.2, -0.15) is 0 Å². The van der Waals surface area contributed by atoms with Crippen molar-refractivity contribution in [1.82, 2.24) is 4.98 Å². The van der Waals surface area contributed by atoms with Crippen LogP contribution in [-0.4, -0.2) is 33.7 Å². The van der Waals surface area contributed by atoms with Crippen LogP contribution in [0.5, 0.6) is 0 Å². The topological polar surface area (TPSA) is 53.4 Å². The number of pyridine rings is 1. The van der Waals surface area contributed by atoms with E-state index in [1.807, 2.05) is 6.20 Å². The maximum Gasteiger partial charge on any atom is 0.0864 e. The fraction of sp³-hybridized carbons (Fsp3) is 0.545. The van der Waals surface area contributed by atoms with Crippen molar-refractivity contribution in [3.8, 4) is 0 Å². The van der Waals surface area contributed by atoms with Gasteiger partial charge in [0.1, 0.15) is 0 Å². The summed E-state index contributed by atoms with van der Waals surface area (Å²) < 4.78 is 0. The average Bonchev–Trinajstić information content (AvgIpc) is 3.10. The van der Waals surface area contributed by atoms with Crippen LogP contribution in [0.1, 0.15) is 24.3 Å². The van der Waals surface area contributed by atoms with Crippen molar-refractivity contribution in [2.45, 2.75) is 29.8 Å². The first-order valence-corrected chi connectivity index (χ1v) is 6.15. The molecule has 0 amide bonds. The van der Waals surface area contributed by atoms with Crippen LogP contribution in [-0.2, 0) is 0 Å². The Hall–Kier alpha value is -0.580. The van der Waals surface area contributed by atoms with E-state index in [2.05, 4.69) is 11.1 Å². The highest BCUT2D eigenvalue weighted by atomic mass is 32.2. The number of hydrogen-bond acceptors (Lipinski definition) is 4. The molecular formula is C11H15NO2S. The predicted molar refractivity (Wildman–Crippen MR) is 60.0 cm³/mol. The number of hydrogen-bond donors (Lipinski definition) is 2. The molecule has 0 aromatic carbocycles. The van der Waals surface area contributed by atoms with Crippen molar-refractivity contribution in [1.29, 1.82) is 0 Å². The van der Waals surface area contributed by atoms with Crippen LogP contribution in [0.25, 0.3) is 0 Å². The van der Waals surface area contributed by atoms with E-state index in [0.29, 0.717) is 11.7 Å². The Balaban J connectivity index is 1.92. The number of thioether (sulfide) groups is 1. The lowest BCUT2D eigenvalue weighted by molar-refractivity contribution is 0.113. The summed E-state index contributed by atoms with van der Waals surface area (Å²) in [6.45, 7) is -0.178. The van der Waals surface area contributed by atoms with Gasteiger partial charge in [0.25, 0.3) is 0 Å². The van der Waals surface area contributed by atoms with Gasteiger partial charge in [0.05, 0.1) is 12.7 Å². The average molecular weight is 225 g/mol. The SMILES string of the molecule is OCC(O)CSc1cncc(C2CC2)c1. The summed E-state index contributed by atoms with van der Waals surface area (Å²) in [6, 6.07) is 2.14. The number of aliphatic hydroxyl groups is 2. The first-order valence-electron chi connectivity index (χ1n) is 5.16. The summed E-state index contributed by atoms with van der Waals surface area (Å²) in [7, 11) is 0. The predicted octanol–water partition coefficient (Wildman–Crippen LogP) is 1.40. The highest BCUT2D eigenvalue weighted by Gasteiger charge is 2.23. The summed E-state index contributed by atoms with van der Waals surface area (Å²) in [4.78, 5) is 5.26. The molecule has 2 N–H and O–H groups in total. The molecule has 0 radical (unpaired) electrons. The Morgan fingerprint density at radius 2 is 2.27 bits per heavy atom. The van der Waals surface area contributed by atoms with Crippen LogP contribution in [0.15, 0.2) is 23.4 Å². The zero-order valence-electron chi connectivity index (χ0n) is 8.47. The lowest BCUT2D eigenvalue weighted by Gasteiger charge is -2.07. The van der Waals surface area contributed by atoms with Crippen LogP contribution < -0.4 is 0 Å². The standard InChI is InChI=1S/C11H15NO2S/c13-6-10(14)7-15-11-3-9(4-12-5-11)8-1-2-8/h3-5,8,10,13-14H,1-2,6-7H2. The van der Waals surface area contributed by atoms with E-state index < -0.39 is 6.10 Å². The van der Waals surface area contributed by atoms with E-state index in [9.17, 15) is 5.11 Å². The molecule has 2 rings (SSSR count). The minimum Gasteiger partial charge on any atom is -0.394 e. The highest BCUT2D eigenvalue weighted by molar-refractivity contribution is 7.99. The van der Waals surface area contributed by atoms with E-state index in [0.717, 1.165) is 4.90 Å². The third-order valence-corrected chi connectivity index (χ3v) is 3.54. The largest absolute Gasteiger partial charge is 0.394 e. The van der Waals surface area contributed by atoms with Crippen LogP contribution in [0.2, 0.25) is 0 Å². The van der Waals surface area contributed by atoms with Crippen molar-refractivity contribution in [2.24, 2.45) is 0 Å². The van der Waals surface area contributed by atoms with Crippen LogP contribution >= 0.6 is 11.8 Å². The third-order valence-electron chi connectivity index (χ3n) is 2.44. The number of aromatic nitrogens is 1. The second kappa shape index (κ2) is 4.96. The van der Waals surface area contributed by atoms with Crippen LogP contribution in [0.3, 0.4) is 0 Å². The summed E-state index contributed by atoms with van der Waals surface area (Å²) in [6.07, 6.45) is 5.63. The molecule has 1 fully saturated rings. The Labute approximate surface area is 93.5 Å². The molecular weight excluding hydrogens is 210 g/mol. The van der Waals surface area contributed by atoms with Gasteiger partial charge in [-0.25, -0.2) is 0 Å². The minimum atomic E-state index is -0.639. The van der Waals surface area contributed by atoms with E-state index in [-0.39, 0.29) is 6.61 Å². The Morgan fingerprint density at radius 3 is 2.93 bits per heavy atom. The maximum absolute atomic E-state index is 9.22. The number of nitrogens with zero attached hydrogens (tertiary/aromatic N) is 1. The molecule has 1 unspecified atom stereocenters.